The van der Waals surface area contributed by atoms with Crippen molar-refractivity contribution in [2.75, 3.05) is 0 Å². The van der Waals surface area contributed by atoms with E-state index in [0.717, 1.165) is 18.4 Å². The van der Waals surface area contributed by atoms with Crippen LogP contribution in [0.4, 0.5) is 0 Å². The lowest BCUT2D eigenvalue weighted by atomic mass is 10.1. The molecule has 1 aliphatic carbocycles. The van der Waals surface area contributed by atoms with Crippen molar-refractivity contribution in [2.45, 2.75) is 12.8 Å². The Bertz CT molecular complexity index is 918. The lowest BCUT2D eigenvalue weighted by molar-refractivity contribution is 1.00. The molecule has 0 unspecified atom stereocenters. The monoisotopic (exact) mass is 339 g/mol. The summed E-state index contributed by atoms with van der Waals surface area (Å²) >= 11 is 0. The van der Waals surface area contributed by atoms with E-state index >= 15 is 0 Å². The molecule has 0 radical (unpaired) electrons. The molecule has 0 aliphatic heterocycles. The molecule has 0 atom stereocenters. The number of nitrogens with zero attached hydrogens (tertiary/aromatic N) is 5. The van der Waals surface area contributed by atoms with Crippen LogP contribution >= 0.6 is 0 Å². The Kier molecular flexibility index (Phi) is 4.69. The van der Waals surface area contributed by atoms with Gasteiger partial charge in [-0.2, -0.15) is 0 Å². The number of pyridine rings is 2. The molecule has 4 rings (SSSR count). The quantitative estimate of drug-likeness (QED) is 0.712. The lowest BCUT2D eigenvalue weighted by Crippen LogP contribution is -2.03. The molecular weight excluding hydrogens is 322 g/mol. The third-order valence-electron chi connectivity index (χ3n) is 3.90. The largest absolute Gasteiger partial charge is 0.253 e. The summed E-state index contributed by atoms with van der Waals surface area (Å²) < 4.78 is 0. The third kappa shape index (κ3) is 3.62. The van der Waals surface area contributed by atoms with Gasteiger partial charge in [-0.1, -0.05) is 42.5 Å². The minimum absolute atomic E-state index is 0.545. The van der Waals surface area contributed by atoms with E-state index in [1.807, 2.05) is 54.6 Å². The lowest BCUT2D eigenvalue weighted by Gasteiger charge is -2.08. The van der Waals surface area contributed by atoms with Crippen LogP contribution in [0.5, 0.6) is 0 Å². The Morgan fingerprint density at radius 2 is 1.31 bits per heavy atom. The van der Waals surface area contributed by atoms with Crippen LogP contribution in [-0.4, -0.2) is 24.9 Å². The van der Waals surface area contributed by atoms with Crippen LogP contribution in [0.1, 0.15) is 18.7 Å². The van der Waals surface area contributed by atoms with Gasteiger partial charge in [0.1, 0.15) is 11.4 Å². The zero-order valence-corrected chi connectivity index (χ0v) is 14.2. The van der Waals surface area contributed by atoms with Gasteiger partial charge in [-0.3, -0.25) is 9.97 Å². The van der Waals surface area contributed by atoms with Gasteiger partial charge in [-0.05, 0) is 37.1 Å². The van der Waals surface area contributed by atoms with Crippen LogP contribution in [0.3, 0.4) is 0 Å². The van der Waals surface area contributed by atoms with E-state index in [9.17, 15) is 0 Å². The minimum atomic E-state index is 0.545. The van der Waals surface area contributed by atoms with Gasteiger partial charge in [0.05, 0.1) is 0 Å². The first-order valence-corrected chi connectivity index (χ1v) is 8.53. The molecule has 0 saturated heterocycles. The average Bonchev–Trinajstić information content (AvgIpc) is 2.69. The van der Waals surface area contributed by atoms with Crippen LogP contribution in [0.25, 0.3) is 28.6 Å². The van der Waals surface area contributed by atoms with Crippen molar-refractivity contribution in [3.63, 3.8) is 0 Å². The summed E-state index contributed by atoms with van der Waals surface area (Å²) in [5, 5.41) is 0. The highest BCUT2D eigenvalue weighted by atomic mass is 15.1. The molecule has 1 aliphatic rings. The van der Waals surface area contributed by atoms with Crippen molar-refractivity contribution in [1.82, 2.24) is 24.9 Å². The Balaban J connectivity index is 1.87. The van der Waals surface area contributed by atoms with Crippen molar-refractivity contribution in [1.29, 1.82) is 0 Å². The molecule has 0 spiro atoms. The van der Waals surface area contributed by atoms with Gasteiger partial charge < -0.3 is 0 Å². The van der Waals surface area contributed by atoms with Crippen molar-refractivity contribution in [3.05, 3.63) is 85.0 Å². The molecule has 3 heterocycles. The molecule has 0 amide bonds. The molecule has 0 bridgehead atoms. The summed E-state index contributed by atoms with van der Waals surface area (Å²) in [5.41, 5.74) is 2.40. The van der Waals surface area contributed by atoms with Crippen LogP contribution in [-0.2, 0) is 0 Å². The molecule has 0 N–H and O–H groups in total. The maximum Gasteiger partial charge on any atom is 0.182 e. The standard InChI is InChI=1S/C21H17N5/c1-2-4-10-16(11-5-3-1)19-24-20(17-12-6-8-14-22-17)26-21(25-19)18-13-7-9-15-23-18/h1-2,4,6-15H,3,5H2/b2-1-,10-4-,16-11+. The van der Waals surface area contributed by atoms with Gasteiger partial charge in [0, 0.05) is 18.0 Å². The summed E-state index contributed by atoms with van der Waals surface area (Å²) in [4.78, 5) is 22.7. The van der Waals surface area contributed by atoms with Gasteiger partial charge in [0.2, 0.25) is 0 Å². The Labute approximate surface area is 151 Å². The summed E-state index contributed by atoms with van der Waals surface area (Å²) in [6, 6.07) is 11.4. The SMILES string of the molecule is C1=C/CC\C=C(c2nc(-c3ccccn3)nc(-c3ccccn3)n2)/C=C\1. The highest BCUT2D eigenvalue weighted by Crippen LogP contribution is 2.22. The van der Waals surface area contributed by atoms with Crippen molar-refractivity contribution in [3.8, 4) is 23.0 Å². The van der Waals surface area contributed by atoms with Crippen molar-refractivity contribution < 1.29 is 0 Å². The Morgan fingerprint density at radius 1 is 0.654 bits per heavy atom. The summed E-state index contributed by atoms with van der Waals surface area (Å²) in [7, 11) is 0. The fraction of sp³-hybridized carbons (Fsp3) is 0.0952. The molecule has 0 fully saturated rings. The van der Waals surface area contributed by atoms with E-state index < -0.39 is 0 Å². The predicted molar refractivity (Wildman–Crippen MR) is 102 cm³/mol. The van der Waals surface area contributed by atoms with Gasteiger partial charge >= 0.3 is 0 Å². The second kappa shape index (κ2) is 7.61. The molecule has 26 heavy (non-hydrogen) atoms. The minimum Gasteiger partial charge on any atom is -0.253 e. The summed E-state index contributed by atoms with van der Waals surface area (Å²) in [6.45, 7) is 0. The van der Waals surface area contributed by atoms with E-state index in [1.54, 1.807) is 12.4 Å². The van der Waals surface area contributed by atoms with E-state index in [2.05, 4.69) is 37.1 Å². The molecule has 3 aromatic heterocycles. The number of rotatable bonds is 3. The number of hydrogen-bond acceptors (Lipinski definition) is 5. The molecule has 0 aromatic carbocycles. The maximum absolute atomic E-state index is 4.67. The van der Waals surface area contributed by atoms with Crippen LogP contribution in [0.2, 0.25) is 0 Å². The fourth-order valence-corrected chi connectivity index (χ4v) is 2.63. The maximum atomic E-state index is 4.67. The van der Waals surface area contributed by atoms with Crippen LogP contribution in [0, 0.1) is 0 Å². The topological polar surface area (TPSA) is 64.5 Å². The summed E-state index contributed by atoms with van der Waals surface area (Å²) in [5.74, 6) is 1.72. The molecule has 0 saturated carbocycles. The normalized spacial score (nSPS) is 18.2. The molecular formula is C21H17N5. The third-order valence-corrected chi connectivity index (χ3v) is 3.90. The van der Waals surface area contributed by atoms with Gasteiger partial charge in [0.25, 0.3) is 0 Å². The smallest absolute Gasteiger partial charge is 0.182 e. The molecule has 3 aromatic rings. The zero-order valence-electron chi connectivity index (χ0n) is 14.2. The second-order valence-electron chi connectivity index (χ2n) is 5.76. The van der Waals surface area contributed by atoms with Gasteiger partial charge in [0.15, 0.2) is 17.5 Å². The summed E-state index contributed by atoms with van der Waals surface area (Å²) in [6.07, 6.45) is 15.8. The van der Waals surface area contributed by atoms with Crippen LogP contribution < -0.4 is 0 Å². The Morgan fingerprint density at radius 3 is 1.92 bits per heavy atom. The molecule has 5 heteroatoms. The van der Waals surface area contributed by atoms with E-state index in [1.165, 1.54) is 0 Å². The van der Waals surface area contributed by atoms with Crippen molar-refractivity contribution in [2.24, 2.45) is 0 Å². The predicted octanol–water partition coefficient (Wildman–Crippen LogP) is 4.29. The van der Waals surface area contributed by atoms with Crippen molar-refractivity contribution >= 4 is 5.57 Å². The zero-order chi connectivity index (χ0) is 17.6. The Hall–Kier alpha value is -3.47. The number of aromatic nitrogens is 5. The van der Waals surface area contributed by atoms with Gasteiger partial charge in [-0.25, -0.2) is 15.0 Å². The highest BCUT2D eigenvalue weighted by molar-refractivity contribution is 5.72. The number of hydrogen-bond donors (Lipinski definition) is 0. The van der Waals surface area contributed by atoms with E-state index in [-0.39, 0.29) is 0 Å². The first-order chi connectivity index (χ1) is 12.9. The van der Waals surface area contributed by atoms with Crippen LogP contribution in [0.15, 0.2) is 79.2 Å². The first kappa shape index (κ1) is 16.0. The molecule has 126 valence electrons. The van der Waals surface area contributed by atoms with Gasteiger partial charge in [-0.15, -0.1) is 0 Å². The second-order valence-corrected chi connectivity index (χ2v) is 5.76. The average molecular weight is 339 g/mol. The molecule has 5 nitrogen and oxygen atoms in total. The number of allylic oxidation sites excluding steroid dienone is 6. The van der Waals surface area contributed by atoms with E-state index in [4.69, 9.17) is 0 Å². The van der Waals surface area contributed by atoms with E-state index in [0.29, 0.717) is 28.9 Å². The fourth-order valence-electron chi connectivity index (χ4n) is 2.63. The highest BCUT2D eigenvalue weighted by Gasteiger charge is 2.13. The first-order valence-electron chi connectivity index (χ1n) is 8.53.